The van der Waals surface area contributed by atoms with Gasteiger partial charge in [0.2, 0.25) is 5.28 Å². The molecule has 1 atom stereocenters. The standard InChI is InChI=1S/C8H10ClN3O3/c1-13-7-10-6(9)11-8(12-7)15-5-2-3-14-4-5/h5H,2-4H2,1H3. The third kappa shape index (κ3) is 2.66. The van der Waals surface area contributed by atoms with Crippen LogP contribution in [0.2, 0.25) is 5.28 Å². The Labute approximate surface area is 91.6 Å². The van der Waals surface area contributed by atoms with Crippen molar-refractivity contribution >= 4 is 11.6 Å². The first-order chi connectivity index (χ1) is 7.28. The average Bonchev–Trinajstić information content (AvgIpc) is 2.69. The minimum Gasteiger partial charge on any atom is -0.467 e. The smallest absolute Gasteiger partial charge is 0.324 e. The zero-order chi connectivity index (χ0) is 10.7. The van der Waals surface area contributed by atoms with Gasteiger partial charge in [0.15, 0.2) is 0 Å². The molecule has 0 aromatic carbocycles. The van der Waals surface area contributed by atoms with Gasteiger partial charge in [-0.05, 0) is 11.6 Å². The number of halogens is 1. The van der Waals surface area contributed by atoms with Gasteiger partial charge < -0.3 is 14.2 Å². The van der Waals surface area contributed by atoms with Gasteiger partial charge in [-0.2, -0.15) is 9.97 Å². The van der Waals surface area contributed by atoms with Crippen molar-refractivity contribution in [1.82, 2.24) is 15.0 Å². The van der Waals surface area contributed by atoms with E-state index in [0.29, 0.717) is 13.2 Å². The normalized spacial score (nSPS) is 20.3. The highest BCUT2D eigenvalue weighted by Gasteiger charge is 2.19. The Balaban J connectivity index is 2.09. The Kier molecular flexibility index (Phi) is 3.17. The molecule has 1 unspecified atom stereocenters. The second kappa shape index (κ2) is 4.59. The number of aromatic nitrogens is 3. The zero-order valence-corrected chi connectivity index (χ0v) is 8.90. The van der Waals surface area contributed by atoms with Gasteiger partial charge in [0, 0.05) is 6.42 Å². The van der Waals surface area contributed by atoms with Crippen molar-refractivity contribution in [3.05, 3.63) is 5.28 Å². The summed E-state index contributed by atoms with van der Waals surface area (Å²) in [7, 11) is 1.45. The van der Waals surface area contributed by atoms with Crippen molar-refractivity contribution < 1.29 is 14.2 Å². The molecular weight excluding hydrogens is 222 g/mol. The molecule has 1 saturated heterocycles. The molecule has 1 aromatic heterocycles. The van der Waals surface area contributed by atoms with Crippen LogP contribution in [0.5, 0.6) is 12.0 Å². The fourth-order valence-electron chi connectivity index (χ4n) is 1.21. The molecule has 6 nitrogen and oxygen atoms in total. The molecule has 15 heavy (non-hydrogen) atoms. The molecule has 1 aliphatic heterocycles. The number of hydrogen-bond acceptors (Lipinski definition) is 6. The summed E-state index contributed by atoms with van der Waals surface area (Å²) < 4.78 is 15.4. The SMILES string of the molecule is COc1nc(Cl)nc(OC2CCOC2)n1. The van der Waals surface area contributed by atoms with E-state index in [-0.39, 0.29) is 23.4 Å². The maximum Gasteiger partial charge on any atom is 0.324 e. The summed E-state index contributed by atoms with van der Waals surface area (Å²) >= 11 is 5.66. The molecule has 2 rings (SSSR count). The molecule has 0 bridgehead atoms. The van der Waals surface area contributed by atoms with Crippen molar-refractivity contribution in [1.29, 1.82) is 0 Å². The van der Waals surface area contributed by atoms with Gasteiger partial charge in [-0.1, -0.05) is 0 Å². The summed E-state index contributed by atoms with van der Waals surface area (Å²) in [6.07, 6.45) is 0.805. The molecule has 1 fully saturated rings. The molecule has 0 spiro atoms. The lowest BCUT2D eigenvalue weighted by atomic mass is 10.3. The van der Waals surface area contributed by atoms with E-state index >= 15 is 0 Å². The van der Waals surface area contributed by atoms with Crippen LogP contribution in [0.4, 0.5) is 0 Å². The van der Waals surface area contributed by atoms with Crippen molar-refractivity contribution in [3.8, 4) is 12.0 Å². The lowest BCUT2D eigenvalue weighted by molar-refractivity contribution is 0.133. The molecule has 7 heteroatoms. The van der Waals surface area contributed by atoms with E-state index < -0.39 is 0 Å². The van der Waals surface area contributed by atoms with Crippen molar-refractivity contribution in [2.45, 2.75) is 12.5 Å². The van der Waals surface area contributed by atoms with Crippen LogP contribution in [0, 0.1) is 0 Å². The van der Waals surface area contributed by atoms with Crippen LogP contribution in [0.1, 0.15) is 6.42 Å². The number of methoxy groups -OCH3 is 1. The monoisotopic (exact) mass is 231 g/mol. The summed E-state index contributed by atoms with van der Waals surface area (Å²) in [5, 5.41) is 0.0516. The van der Waals surface area contributed by atoms with Gasteiger partial charge in [-0.25, -0.2) is 0 Å². The summed E-state index contributed by atoms with van der Waals surface area (Å²) in [6, 6.07) is 0.311. The average molecular weight is 232 g/mol. The Morgan fingerprint density at radius 2 is 2.13 bits per heavy atom. The first kappa shape index (κ1) is 10.4. The highest BCUT2D eigenvalue weighted by atomic mass is 35.5. The van der Waals surface area contributed by atoms with Gasteiger partial charge in [0.1, 0.15) is 6.10 Å². The lowest BCUT2D eigenvalue weighted by Gasteiger charge is -2.09. The molecule has 0 N–H and O–H groups in total. The highest BCUT2D eigenvalue weighted by Crippen LogP contribution is 2.16. The molecule has 82 valence electrons. The molecule has 1 aromatic rings. The Morgan fingerprint density at radius 1 is 1.33 bits per heavy atom. The molecule has 1 aliphatic rings. The quantitative estimate of drug-likeness (QED) is 0.763. The van der Waals surface area contributed by atoms with Crippen LogP contribution in [0.25, 0.3) is 0 Å². The Hall–Kier alpha value is -1.14. The van der Waals surface area contributed by atoms with Gasteiger partial charge >= 0.3 is 12.0 Å². The largest absolute Gasteiger partial charge is 0.467 e. The van der Waals surface area contributed by atoms with Gasteiger partial charge in [-0.15, -0.1) is 4.98 Å². The van der Waals surface area contributed by atoms with Crippen LogP contribution < -0.4 is 9.47 Å². The minimum absolute atomic E-state index is 0.0202. The predicted octanol–water partition coefficient (Wildman–Crippen LogP) is 0.701. The molecular formula is C8H10ClN3O3. The number of nitrogens with zero attached hydrogens (tertiary/aromatic N) is 3. The van der Waals surface area contributed by atoms with Gasteiger partial charge in [0.05, 0.1) is 20.3 Å². The first-order valence-corrected chi connectivity index (χ1v) is 4.85. The molecule has 0 aliphatic carbocycles. The second-order valence-electron chi connectivity index (χ2n) is 2.98. The third-order valence-electron chi connectivity index (χ3n) is 1.91. The second-order valence-corrected chi connectivity index (χ2v) is 3.32. The van der Waals surface area contributed by atoms with E-state index in [0.717, 1.165) is 6.42 Å². The Bertz CT molecular complexity index is 344. The summed E-state index contributed by atoms with van der Waals surface area (Å²) in [4.78, 5) is 11.5. The summed E-state index contributed by atoms with van der Waals surface area (Å²) in [6.45, 7) is 1.24. The molecule has 0 amide bonds. The van der Waals surface area contributed by atoms with Crippen LogP contribution in [-0.2, 0) is 4.74 Å². The Morgan fingerprint density at radius 3 is 2.80 bits per heavy atom. The maximum atomic E-state index is 5.66. The van der Waals surface area contributed by atoms with E-state index in [4.69, 9.17) is 25.8 Å². The fourth-order valence-corrected chi connectivity index (χ4v) is 1.36. The third-order valence-corrected chi connectivity index (χ3v) is 2.08. The maximum absolute atomic E-state index is 5.66. The van der Waals surface area contributed by atoms with E-state index in [2.05, 4.69) is 15.0 Å². The number of ether oxygens (including phenoxy) is 3. The van der Waals surface area contributed by atoms with Crippen molar-refractivity contribution in [3.63, 3.8) is 0 Å². The van der Waals surface area contributed by atoms with Crippen LogP contribution in [0.3, 0.4) is 0 Å². The van der Waals surface area contributed by atoms with E-state index in [1.54, 1.807) is 0 Å². The first-order valence-electron chi connectivity index (χ1n) is 4.48. The van der Waals surface area contributed by atoms with Crippen LogP contribution in [0.15, 0.2) is 0 Å². The highest BCUT2D eigenvalue weighted by molar-refractivity contribution is 6.28. The lowest BCUT2D eigenvalue weighted by Crippen LogP contribution is -2.17. The fraction of sp³-hybridized carbons (Fsp3) is 0.625. The molecule has 0 saturated carbocycles. The van der Waals surface area contributed by atoms with Crippen molar-refractivity contribution in [2.24, 2.45) is 0 Å². The van der Waals surface area contributed by atoms with Crippen molar-refractivity contribution in [2.75, 3.05) is 20.3 Å². The van der Waals surface area contributed by atoms with Crippen LogP contribution in [-0.4, -0.2) is 41.4 Å². The van der Waals surface area contributed by atoms with E-state index in [1.807, 2.05) is 0 Å². The zero-order valence-electron chi connectivity index (χ0n) is 8.14. The molecule has 0 radical (unpaired) electrons. The number of hydrogen-bond donors (Lipinski definition) is 0. The van der Waals surface area contributed by atoms with E-state index in [9.17, 15) is 0 Å². The van der Waals surface area contributed by atoms with Gasteiger partial charge in [-0.3, -0.25) is 0 Å². The topological polar surface area (TPSA) is 66.4 Å². The summed E-state index contributed by atoms with van der Waals surface area (Å²) in [5.74, 6) is 0. The van der Waals surface area contributed by atoms with Crippen LogP contribution >= 0.6 is 11.6 Å². The predicted molar refractivity (Wildman–Crippen MR) is 51.2 cm³/mol. The minimum atomic E-state index is -0.0202. The summed E-state index contributed by atoms with van der Waals surface area (Å²) in [5.41, 5.74) is 0. The van der Waals surface area contributed by atoms with E-state index in [1.165, 1.54) is 7.11 Å². The van der Waals surface area contributed by atoms with Gasteiger partial charge in [0.25, 0.3) is 0 Å². The number of rotatable bonds is 3. The molecule has 2 heterocycles.